The van der Waals surface area contributed by atoms with Crippen molar-refractivity contribution in [2.45, 2.75) is 0 Å². The largest absolute Gasteiger partial charge is 0.468 e. The van der Waals surface area contributed by atoms with Gasteiger partial charge in [0.15, 0.2) is 0 Å². The molecule has 0 aliphatic carbocycles. The van der Waals surface area contributed by atoms with Gasteiger partial charge in [0, 0.05) is 29.5 Å². The van der Waals surface area contributed by atoms with Gasteiger partial charge in [0.05, 0.1) is 7.11 Å². The number of rotatable bonds is 4. The second-order valence-electron chi connectivity index (χ2n) is 4.21. The van der Waals surface area contributed by atoms with E-state index in [9.17, 15) is 4.79 Å². The van der Waals surface area contributed by atoms with Gasteiger partial charge in [-0.3, -0.25) is 4.79 Å². The number of esters is 1. The number of nitrogens with zero attached hydrogens (tertiary/aromatic N) is 3. The van der Waals surface area contributed by atoms with E-state index in [0.717, 1.165) is 15.6 Å². The Balaban J connectivity index is 2.13. The zero-order valence-corrected chi connectivity index (χ0v) is 12.8. The summed E-state index contributed by atoms with van der Waals surface area (Å²) in [4.78, 5) is 21.3. The lowest BCUT2D eigenvalue weighted by Crippen LogP contribution is -2.27. The lowest BCUT2D eigenvalue weighted by molar-refractivity contribution is -0.138. The summed E-state index contributed by atoms with van der Waals surface area (Å²) < 4.78 is 5.63. The standard InChI is InChI=1S/C14H14BrN3O2/c1-18(9-13(19)20-2)14-16-7-11(8-17-14)10-3-5-12(15)6-4-10/h3-8H,9H2,1-2H3. The Bertz CT molecular complexity index is 584. The lowest BCUT2D eigenvalue weighted by Gasteiger charge is -2.15. The average Bonchev–Trinajstić information content (AvgIpc) is 2.48. The number of benzene rings is 1. The molecule has 0 saturated heterocycles. The number of hydrogen-bond donors (Lipinski definition) is 0. The first-order valence-electron chi connectivity index (χ1n) is 5.96. The van der Waals surface area contributed by atoms with Crippen molar-refractivity contribution in [1.82, 2.24) is 9.97 Å². The first-order valence-corrected chi connectivity index (χ1v) is 6.75. The third kappa shape index (κ3) is 3.54. The van der Waals surface area contributed by atoms with Crippen molar-refractivity contribution in [3.63, 3.8) is 0 Å². The second kappa shape index (κ2) is 6.47. The van der Waals surface area contributed by atoms with Crippen LogP contribution in [0.25, 0.3) is 11.1 Å². The van der Waals surface area contributed by atoms with Gasteiger partial charge < -0.3 is 9.64 Å². The molecule has 1 heterocycles. The quantitative estimate of drug-likeness (QED) is 0.803. The van der Waals surface area contributed by atoms with E-state index in [0.29, 0.717) is 5.95 Å². The monoisotopic (exact) mass is 335 g/mol. The van der Waals surface area contributed by atoms with E-state index in [4.69, 9.17) is 0 Å². The van der Waals surface area contributed by atoms with Crippen LogP contribution in [0.15, 0.2) is 41.1 Å². The fourth-order valence-electron chi connectivity index (χ4n) is 1.64. The van der Waals surface area contributed by atoms with E-state index >= 15 is 0 Å². The highest BCUT2D eigenvalue weighted by molar-refractivity contribution is 9.10. The van der Waals surface area contributed by atoms with Gasteiger partial charge in [-0.25, -0.2) is 9.97 Å². The Morgan fingerprint density at radius 2 is 1.80 bits per heavy atom. The molecule has 0 bridgehead atoms. The predicted octanol–water partition coefficient (Wildman–Crippen LogP) is 2.52. The Kier molecular flexibility index (Phi) is 4.68. The van der Waals surface area contributed by atoms with Crippen molar-refractivity contribution in [3.8, 4) is 11.1 Å². The minimum absolute atomic E-state index is 0.119. The van der Waals surface area contributed by atoms with Crippen molar-refractivity contribution in [2.75, 3.05) is 25.6 Å². The summed E-state index contributed by atoms with van der Waals surface area (Å²) in [6.45, 7) is 0.119. The van der Waals surface area contributed by atoms with Gasteiger partial charge in [0.2, 0.25) is 5.95 Å². The molecule has 1 aromatic carbocycles. The molecule has 0 atom stereocenters. The summed E-state index contributed by atoms with van der Waals surface area (Å²) in [7, 11) is 3.10. The predicted molar refractivity (Wildman–Crippen MR) is 80.5 cm³/mol. The van der Waals surface area contributed by atoms with E-state index in [1.165, 1.54) is 7.11 Å². The first kappa shape index (κ1) is 14.5. The molecule has 0 spiro atoms. The number of likely N-dealkylation sites (N-methyl/N-ethyl adjacent to an activating group) is 1. The number of carbonyl (C=O) groups excluding carboxylic acids is 1. The Morgan fingerprint density at radius 1 is 1.20 bits per heavy atom. The van der Waals surface area contributed by atoms with Crippen molar-refractivity contribution in [2.24, 2.45) is 0 Å². The molecule has 0 radical (unpaired) electrons. The van der Waals surface area contributed by atoms with Crippen LogP contribution in [0, 0.1) is 0 Å². The highest BCUT2D eigenvalue weighted by atomic mass is 79.9. The Hall–Kier alpha value is -1.95. The zero-order valence-electron chi connectivity index (χ0n) is 11.2. The minimum Gasteiger partial charge on any atom is -0.468 e. The highest BCUT2D eigenvalue weighted by Crippen LogP contribution is 2.21. The van der Waals surface area contributed by atoms with Gasteiger partial charge in [0.1, 0.15) is 6.54 Å². The Labute approximate surface area is 125 Å². The van der Waals surface area contributed by atoms with Crippen LogP contribution in [0.2, 0.25) is 0 Å². The molecule has 0 unspecified atom stereocenters. The molecule has 20 heavy (non-hydrogen) atoms. The van der Waals surface area contributed by atoms with Gasteiger partial charge >= 0.3 is 5.97 Å². The molecule has 0 aliphatic heterocycles. The summed E-state index contributed by atoms with van der Waals surface area (Å²) in [5, 5.41) is 0. The number of hydrogen-bond acceptors (Lipinski definition) is 5. The number of carbonyl (C=O) groups is 1. The normalized spacial score (nSPS) is 10.2. The van der Waals surface area contributed by atoms with Gasteiger partial charge in [-0.2, -0.15) is 0 Å². The first-order chi connectivity index (χ1) is 9.60. The van der Waals surface area contributed by atoms with Crippen LogP contribution in [0.1, 0.15) is 0 Å². The summed E-state index contributed by atoms with van der Waals surface area (Å²) in [5.41, 5.74) is 1.96. The van der Waals surface area contributed by atoms with Crippen molar-refractivity contribution >= 4 is 27.8 Å². The molecular weight excluding hydrogens is 322 g/mol. The van der Waals surface area contributed by atoms with Gasteiger partial charge in [-0.05, 0) is 17.7 Å². The number of anilines is 1. The van der Waals surface area contributed by atoms with E-state index in [1.54, 1.807) is 24.3 Å². The maximum Gasteiger partial charge on any atom is 0.325 e. The molecule has 2 aromatic rings. The SMILES string of the molecule is COC(=O)CN(C)c1ncc(-c2ccc(Br)cc2)cn1. The summed E-state index contributed by atoms with van der Waals surface area (Å²) in [6, 6.07) is 7.90. The van der Waals surface area contributed by atoms with Crippen LogP contribution in [0.3, 0.4) is 0 Å². The Morgan fingerprint density at radius 3 is 2.35 bits per heavy atom. The van der Waals surface area contributed by atoms with E-state index < -0.39 is 0 Å². The summed E-state index contributed by atoms with van der Waals surface area (Å²) >= 11 is 3.40. The molecule has 104 valence electrons. The molecule has 0 N–H and O–H groups in total. The second-order valence-corrected chi connectivity index (χ2v) is 5.13. The van der Waals surface area contributed by atoms with E-state index in [1.807, 2.05) is 24.3 Å². The molecule has 0 saturated carbocycles. The maximum atomic E-state index is 11.2. The van der Waals surface area contributed by atoms with Gasteiger partial charge in [-0.15, -0.1) is 0 Å². The third-order valence-electron chi connectivity index (χ3n) is 2.75. The van der Waals surface area contributed by atoms with Crippen LogP contribution in [-0.4, -0.2) is 36.6 Å². The average molecular weight is 336 g/mol. The minimum atomic E-state index is -0.326. The van der Waals surface area contributed by atoms with Crippen LogP contribution >= 0.6 is 15.9 Å². The molecule has 0 aliphatic rings. The maximum absolute atomic E-state index is 11.2. The number of ether oxygens (including phenoxy) is 1. The van der Waals surface area contributed by atoms with Crippen LogP contribution in [0.4, 0.5) is 5.95 Å². The smallest absolute Gasteiger partial charge is 0.325 e. The fourth-order valence-corrected chi connectivity index (χ4v) is 1.90. The topological polar surface area (TPSA) is 55.3 Å². The lowest BCUT2D eigenvalue weighted by atomic mass is 10.1. The summed E-state index contributed by atoms with van der Waals surface area (Å²) in [6.07, 6.45) is 3.47. The molecule has 5 nitrogen and oxygen atoms in total. The molecule has 6 heteroatoms. The molecule has 1 aromatic heterocycles. The van der Waals surface area contributed by atoms with Gasteiger partial charge in [0.25, 0.3) is 0 Å². The van der Waals surface area contributed by atoms with Crippen molar-refractivity contribution in [1.29, 1.82) is 0 Å². The van der Waals surface area contributed by atoms with Crippen LogP contribution in [-0.2, 0) is 9.53 Å². The van der Waals surface area contributed by atoms with Crippen molar-refractivity contribution in [3.05, 3.63) is 41.1 Å². The van der Waals surface area contributed by atoms with Crippen LogP contribution < -0.4 is 4.90 Å². The zero-order chi connectivity index (χ0) is 14.5. The number of halogens is 1. The highest BCUT2D eigenvalue weighted by Gasteiger charge is 2.09. The summed E-state index contributed by atoms with van der Waals surface area (Å²) in [5.74, 6) is 0.157. The molecule has 2 rings (SSSR count). The molecule has 0 fully saturated rings. The molecular formula is C14H14BrN3O2. The van der Waals surface area contributed by atoms with Crippen molar-refractivity contribution < 1.29 is 9.53 Å². The van der Waals surface area contributed by atoms with Crippen LogP contribution in [0.5, 0.6) is 0 Å². The number of methoxy groups -OCH3 is 1. The fraction of sp³-hybridized carbons (Fsp3) is 0.214. The van der Waals surface area contributed by atoms with E-state index in [-0.39, 0.29) is 12.5 Å². The van der Waals surface area contributed by atoms with E-state index in [2.05, 4.69) is 30.6 Å². The molecule has 0 amide bonds. The number of aromatic nitrogens is 2. The third-order valence-corrected chi connectivity index (χ3v) is 3.28. The van der Waals surface area contributed by atoms with Gasteiger partial charge in [-0.1, -0.05) is 28.1 Å².